The summed E-state index contributed by atoms with van der Waals surface area (Å²) in [7, 11) is 0.171. The van der Waals surface area contributed by atoms with Crippen molar-refractivity contribution in [2.24, 2.45) is 0 Å². The molecule has 0 aliphatic rings. The van der Waals surface area contributed by atoms with Gasteiger partial charge in [-0.15, -0.1) is 80.7 Å². The predicted molar refractivity (Wildman–Crippen MR) is 171 cm³/mol. The minimum atomic E-state index is 0. The minimum Gasteiger partial charge on any atom is -0.161 e. The first-order valence-electron chi connectivity index (χ1n) is 14.5. The van der Waals surface area contributed by atoms with Crippen LogP contribution in [0.25, 0.3) is 21.5 Å². The van der Waals surface area contributed by atoms with Gasteiger partial charge in [0.1, 0.15) is 0 Å². The maximum Gasteiger partial charge on any atom is 0 e. The molecule has 4 aromatic rings. The third kappa shape index (κ3) is 10.5. The van der Waals surface area contributed by atoms with Crippen molar-refractivity contribution < 1.29 is 25.8 Å². The van der Waals surface area contributed by atoms with Crippen molar-refractivity contribution in [1.29, 1.82) is 0 Å². The zero-order valence-corrected chi connectivity index (χ0v) is 29.2. The van der Waals surface area contributed by atoms with Crippen molar-refractivity contribution in [2.45, 2.75) is 79.1 Å². The fraction of sp³-hybridized carbons (Fsp3) is 0.471. The van der Waals surface area contributed by atoms with E-state index in [4.69, 9.17) is 0 Å². The molecule has 0 N–H and O–H groups in total. The van der Waals surface area contributed by atoms with Crippen LogP contribution in [0.5, 0.6) is 0 Å². The summed E-state index contributed by atoms with van der Waals surface area (Å²) in [6.07, 6.45) is 16.5. The number of hydrogen-bond donors (Lipinski definition) is 0. The molecule has 37 heavy (non-hydrogen) atoms. The second-order valence-electron chi connectivity index (χ2n) is 10.1. The molecule has 0 amide bonds. The van der Waals surface area contributed by atoms with Crippen LogP contribution >= 0.6 is 15.8 Å². The third-order valence-electron chi connectivity index (χ3n) is 7.06. The zero-order chi connectivity index (χ0) is 25.6. The molecule has 0 aliphatic carbocycles. The van der Waals surface area contributed by atoms with Gasteiger partial charge in [-0.1, -0.05) is 81.4 Å². The molecule has 0 aliphatic heterocycles. The van der Waals surface area contributed by atoms with E-state index in [9.17, 15) is 0 Å². The SMILES string of the molecule is CCCCP(CCCC)c1cc2ccccc2[cH-]1.CCCCP(CCCC)c1cc2ccccc2[cH-]1.[Hf]. The Balaban J connectivity index is 0.000000253. The van der Waals surface area contributed by atoms with Crippen molar-refractivity contribution in [3.63, 3.8) is 0 Å². The van der Waals surface area contributed by atoms with E-state index >= 15 is 0 Å². The molecule has 0 saturated heterocycles. The fourth-order valence-electron chi connectivity index (χ4n) is 4.77. The normalized spacial score (nSPS) is 11.2. The second-order valence-corrected chi connectivity index (χ2v) is 15.1. The number of unbranched alkanes of at least 4 members (excludes halogenated alkanes) is 4. The monoisotopic (exact) mass is 698 g/mol. The molecule has 0 saturated carbocycles. The summed E-state index contributed by atoms with van der Waals surface area (Å²) >= 11 is 0. The number of benzene rings is 2. The molecule has 0 aromatic heterocycles. The minimum absolute atomic E-state index is 0. The van der Waals surface area contributed by atoms with E-state index in [2.05, 4.69) is 100 Å². The molecule has 4 rings (SSSR count). The van der Waals surface area contributed by atoms with Crippen molar-refractivity contribution in [1.82, 2.24) is 0 Å². The average molecular weight is 697 g/mol. The van der Waals surface area contributed by atoms with Crippen LogP contribution in [-0.2, 0) is 25.8 Å². The van der Waals surface area contributed by atoms with E-state index in [1.54, 1.807) is 10.6 Å². The Morgan fingerprint density at radius 3 is 1.14 bits per heavy atom. The Morgan fingerprint density at radius 1 is 0.514 bits per heavy atom. The van der Waals surface area contributed by atoms with Gasteiger partial charge >= 0.3 is 0 Å². The fourth-order valence-corrected chi connectivity index (χ4v) is 10.3. The number of fused-ring (bicyclic) bond motifs is 2. The molecule has 0 fully saturated rings. The van der Waals surface area contributed by atoms with E-state index < -0.39 is 0 Å². The van der Waals surface area contributed by atoms with E-state index in [1.165, 1.54) is 97.6 Å². The first kappa shape index (κ1) is 32.6. The van der Waals surface area contributed by atoms with Gasteiger partial charge in [0, 0.05) is 25.8 Å². The largest absolute Gasteiger partial charge is 0.161 e. The Hall–Kier alpha value is -0.610. The van der Waals surface area contributed by atoms with Gasteiger partial charge in [0.2, 0.25) is 0 Å². The second kappa shape index (κ2) is 18.6. The Labute approximate surface area is 249 Å². The molecule has 0 spiro atoms. The van der Waals surface area contributed by atoms with Gasteiger partial charge in [0.05, 0.1) is 0 Å². The predicted octanol–water partition coefficient (Wildman–Crippen LogP) is 10.5. The molecule has 0 bridgehead atoms. The first-order valence-corrected chi connectivity index (χ1v) is 17.9. The van der Waals surface area contributed by atoms with Gasteiger partial charge in [0.15, 0.2) is 0 Å². The van der Waals surface area contributed by atoms with E-state index in [-0.39, 0.29) is 41.7 Å². The average Bonchev–Trinajstić information content (AvgIpc) is 3.53. The van der Waals surface area contributed by atoms with Crippen molar-refractivity contribution in [3.05, 3.63) is 72.8 Å². The Bertz CT molecular complexity index is 953. The molecular formula is C34H48HfP2-2. The molecular weight excluding hydrogens is 649 g/mol. The van der Waals surface area contributed by atoms with Crippen LogP contribution in [0.2, 0.25) is 0 Å². The Morgan fingerprint density at radius 2 is 0.838 bits per heavy atom. The number of rotatable bonds is 14. The van der Waals surface area contributed by atoms with Crippen LogP contribution in [0.15, 0.2) is 72.8 Å². The van der Waals surface area contributed by atoms with Gasteiger partial charge in [-0.2, -0.15) is 12.1 Å². The van der Waals surface area contributed by atoms with Gasteiger partial charge in [-0.25, -0.2) is 0 Å². The quantitative estimate of drug-likeness (QED) is 0.0699. The number of hydrogen-bond acceptors (Lipinski definition) is 0. The van der Waals surface area contributed by atoms with Gasteiger partial charge in [-0.05, 0) is 50.3 Å². The summed E-state index contributed by atoms with van der Waals surface area (Å²) in [5.41, 5.74) is 0. The van der Waals surface area contributed by atoms with Crippen LogP contribution in [0.1, 0.15) is 79.1 Å². The van der Waals surface area contributed by atoms with Gasteiger partial charge < -0.3 is 0 Å². The molecule has 0 heterocycles. The molecule has 200 valence electrons. The first-order chi connectivity index (χ1) is 17.7. The van der Waals surface area contributed by atoms with Crippen LogP contribution in [0.4, 0.5) is 0 Å². The molecule has 0 atom stereocenters. The third-order valence-corrected chi connectivity index (χ3v) is 12.5. The van der Waals surface area contributed by atoms with Crippen molar-refractivity contribution >= 4 is 48.0 Å². The summed E-state index contributed by atoms with van der Waals surface area (Å²) in [4.78, 5) is 0. The summed E-state index contributed by atoms with van der Waals surface area (Å²) in [5.74, 6) is 0. The maximum atomic E-state index is 2.44. The van der Waals surface area contributed by atoms with E-state index in [0.717, 1.165) is 0 Å². The van der Waals surface area contributed by atoms with Crippen LogP contribution < -0.4 is 10.6 Å². The summed E-state index contributed by atoms with van der Waals surface area (Å²) in [6, 6.07) is 27.3. The summed E-state index contributed by atoms with van der Waals surface area (Å²) < 4.78 is 0. The van der Waals surface area contributed by atoms with Crippen molar-refractivity contribution in [3.8, 4) is 0 Å². The van der Waals surface area contributed by atoms with E-state index in [1.807, 2.05) is 0 Å². The smallest absolute Gasteiger partial charge is 0 e. The standard InChI is InChI=1S/2C17H24P.Hf/c2*1-3-5-11-18(12-6-4-2)17-13-15-9-7-8-10-16(15)14-17;/h2*7-10,13-14H,3-6,11-12H2,1-2H3;/q2*-1;. The molecule has 0 nitrogen and oxygen atoms in total. The van der Waals surface area contributed by atoms with Crippen LogP contribution in [-0.4, -0.2) is 24.6 Å². The molecule has 0 unspecified atom stereocenters. The maximum absolute atomic E-state index is 2.44. The zero-order valence-electron chi connectivity index (χ0n) is 23.8. The molecule has 0 radical (unpaired) electrons. The summed E-state index contributed by atoms with van der Waals surface area (Å²) in [6.45, 7) is 9.20. The van der Waals surface area contributed by atoms with Crippen molar-refractivity contribution in [2.75, 3.05) is 24.6 Å². The van der Waals surface area contributed by atoms with Gasteiger partial charge in [-0.3, -0.25) is 0 Å². The van der Waals surface area contributed by atoms with Gasteiger partial charge in [0.25, 0.3) is 0 Å². The Kier molecular flexibility index (Phi) is 16.4. The topological polar surface area (TPSA) is 0 Å². The van der Waals surface area contributed by atoms with Crippen LogP contribution in [0.3, 0.4) is 0 Å². The molecule has 4 aromatic carbocycles. The summed E-state index contributed by atoms with van der Waals surface area (Å²) in [5, 5.41) is 8.96. The van der Waals surface area contributed by atoms with E-state index in [0.29, 0.717) is 0 Å². The molecule has 3 heteroatoms. The van der Waals surface area contributed by atoms with Crippen LogP contribution in [0, 0.1) is 0 Å².